The first-order valence-electron chi connectivity index (χ1n) is 9.17. The number of benzene rings is 1. The van der Waals surface area contributed by atoms with Crippen LogP contribution in [0.25, 0.3) is 0 Å². The van der Waals surface area contributed by atoms with Crippen LogP contribution >= 0.6 is 34.9 Å². The van der Waals surface area contributed by atoms with Gasteiger partial charge in [0, 0.05) is 42.3 Å². The van der Waals surface area contributed by atoms with Gasteiger partial charge in [-0.15, -0.1) is 11.3 Å². The molecule has 3 aromatic rings. The highest BCUT2D eigenvalue weighted by Crippen LogP contribution is 2.32. The van der Waals surface area contributed by atoms with Crippen molar-refractivity contribution < 1.29 is 4.74 Å². The average molecular weight is 433 g/mol. The van der Waals surface area contributed by atoms with E-state index < -0.39 is 0 Å². The molecule has 0 aliphatic carbocycles. The van der Waals surface area contributed by atoms with Crippen molar-refractivity contribution in [2.75, 3.05) is 17.8 Å². The Balaban J connectivity index is 1.26. The zero-order valence-electron chi connectivity index (χ0n) is 15.3. The first-order valence-corrected chi connectivity index (χ1v) is 11.2. The molecule has 1 fully saturated rings. The number of hydrogen-bond acceptors (Lipinski definition) is 7. The summed E-state index contributed by atoms with van der Waals surface area (Å²) in [4.78, 5) is 12.1. The number of halogens is 1. The van der Waals surface area contributed by atoms with E-state index in [1.807, 2.05) is 41.9 Å². The minimum absolute atomic E-state index is 0.199. The fraction of sp³-hybridized carbons (Fsp3) is 0.300. The zero-order chi connectivity index (χ0) is 19.2. The van der Waals surface area contributed by atoms with Gasteiger partial charge in [-0.25, -0.2) is 4.98 Å². The third kappa shape index (κ3) is 5.38. The molecule has 1 N–H and O–H groups in total. The summed E-state index contributed by atoms with van der Waals surface area (Å²) in [6.07, 6.45) is 5.81. The summed E-state index contributed by atoms with van der Waals surface area (Å²) in [6, 6.07) is 12.0. The molecule has 1 aliphatic heterocycles. The number of nitrogens with one attached hydrogen (secondary N) is 1. The number of nitrogens with zero attached hydrogens (tertiary/aromatic N) is 3. The summed E-state index contributed by atoms with van der Waals surface area (Å²) in [5, 5.41) is 3.45. The number of ether oxygens (including phenoxy) is 1. The van der Waals surface area contributed by atoms with Gasteiger partial charge in [0.2, 0.25) is 0 Å². The molecule has 1 aliphatic rings. The third-order valence-corrected chi connectivity index (χ3v) is 6.43. The summed E-state index contributed by atoms with van der Waals surface area (Å²) in [6.45, 7) is 2.90. The lowest BCUT2D eigenvalue weighted by Gasteiger charge is -2.32. The van der Waals surface area contributed by atoms with Gasteiger partial charge in [-0.1, -0.05) is 17.7 Å². The summed E-state index contributed by atoms with van der Waals surface area (Å²) >= 11 is 9.51. The van der Waals surface area contributed by atoms with Crippen molar-refractivity contribution in [1.82, 2.24) is 14.9 Å². The predicted octanol–water partition coefficient (Wildman–Crippen LogP) is 5.35. The minimum Gasteiger partial charge on any atom is -0.489 e. The van der Waals surface area contributed by atoms with E-state index in [0.717, 1.165) is 53.9 Å². The molecule has 3 heterocycles. The number of piperidine rings is 1. The summed E-state index contributed by atoms with van der Waals surface area (Å²) < 4.78 is 9.38. The molecule has 0 unspecified atom stereocenters. The Labute approximate surface area is 178 Å². The highest BCUT2D eigenvalue weighted by molar-refractivity contribution is 8.00. The number of aromatic nitrogens is 2. The average Bonchev–Trinajstić information content (AvgIpc) is 3.24. The molecule has 5 nitrogen and oxygen atoms in total. The van der Waals surface area contributed by atoms with E-state index in [1.54, 1.807) is 17.5 Å². The lowest BCUT2D eigenvalue weighted by atomic mass is 10.1. The van der Waals surface area contributed by atoms with Crippen LogP contribution in [-0.2, 0) is 6.54 Å². The summed E-state index contributed by atoms with van der Waals surface area (Å²) in [5.74, 6) is 0.753. The second kappa shape index (κ2) is 9.60. The Bertz CT molecular complexity index is 871. The van der Waals surface area contributed by atoms with E-state index in [4.69, 9.17) is 16.3 Å². The minimum atomic E-state index is 0.199. The summed E-state index contributed by atoms with van der Waals surface area (Å²) in [5.41, 5.74) is 1.12. The first-order chi connectivity index (χ1) is 13.8. The second-order valence-corrected chi connectivity index (χ2v) is 8.73. The Morgan fingerprint density at radius 3 is 2.79 bits per heavy atom. The Kier molecular flexibility index (Phi) is 6.69. The Morgan fingerprint density at radius 2 is 2.07 bits per heavy atom. The van der Waals surface area contributed by atoms with Crippen molar-refractivity contribution in [3.63, 3.8) is 0 Å². The van der Waals surface area contributed by atoms with Gasteiger partial charge in [0.25, 0.3) is 0 Å². The van der Waals surface area contributed by atoms with Crippen molar-refractivity contribution in [3.8, 4) is 5.75 Å². The molecule has 1 aromatic carbocycles. The molecule has 0 saturated carbocycles. The highest BCUT2D eigenvalue weighted by Gasteiger charge is 2.21. The number of thiazole rings is 1. The molecule has 0 spiro atoms. The lowest BCUT2D eigenvalue weighted by Crippen LogP contribution is -2.38. The quantitative estimate of drug-likeness (QED) is 0.507. The number of rotatable bonds is 7. The van der Waals surface area contributed by atoms with Gasteiger partial charge in [-0.05, 0) is 55.1 Å². The van der Waals surface area contributed by atoms with Crippen LogP contribution in [0.2, 0.25) is 5.02 Å². The van der Waals surface area contributed by atoms with Gasteiger partial charge >= 0.3 is 0 Å². The molecule has 4 rings (SSSR count). The van der Waals surface area contributed by atoms with E-state index in [1.165, 1.54) is 11.9 Å². The maximum absolute atomic E-state index is 6.45. The zero-order valence-corrected chi connectivity index (χ0v) is 17.6. The van der Waals surface area contributed by atoms with Crippen LogP contribution in [0.3, 0.4) is 0 Å². The van der Waals surface area contributed by atoms with Crippen LogP contribution in [-0.4, -0.2) is 34.1 Å². The standard InChI is InChI=1S/C20H21ClN4OS2/c21-18-13-17(28-24-20-23-9-12-27-20)4-5-19(18)26-16-6-10-25(11-7-16)14-15-3-1-2-8-22-15/h1-5,8-9,12-13,16H,6-7,10-11,14H2,(H,23,24). The third-order valence-electron chi connectivity index (χ3n) is 4.53. The topological polar surface area (TPSA) is 50.3 Å². The molecule has 0 bridgehead atoms. The second-order valence-electron chi connectivity index (χ2n) is 6.55. The molecule has 146 valence electrons. The predicted molar refractivity (Wildman–Crippen MR) is 116 cm³/mol. The van der Waals surface area contributed by atoms with Crippen molar-refractivity contribution in [3.05, 3.63) is 64.9 Å². The van der Waals surface area contributed by atoms with Gasteiger partial charge in [0.1, 0.15) is 11.9 Å². The van der Waals surface area contributed by atoms with Gasteiger partial charge < -0.3 is 9.46 Å². The number of anilines is 1. The molecular formula is C20H21ClN4OS2. The van der Waals surface area contributed by atoms with Crippen molar-refractivity contribution in [1.29, 1.82) is 0 Å². The van der Waals surface area contributed by atoms with Crippen molar-refractivity contribution in [2.45, 2.75) is 30.4 Å². The number of hydrogen-bond donors (Lipinski definition) is 1. The Morgan fingerprint density at radius 1 is 1.18 bits per heavy atom. The molecule has 2 aromatic heterocycles. The van der Waals surface area contributed by atoms with Gasteiger partial charge in [-0.2, -0.15) is 0 Å². The molecule has 0 radical (unpaired) electrons. The van der Waals surface area contributed by atoms with Crippen LogP contribution in [0.15, 0.2) is 59.1 Å². The van der Waals surface area contributed by atoms with Gasteiger partial charge in [-0.3, -0.25) is 9.88 Å². The van der Waals surface area contributed by atoms with E-state index in [9.17, 15) is 0 Å². The molecule has 8 heteroatoms. The number of likely N-dealkylation sites (tertiary alicyclic amines) is 1. The molecule has 0 atom stereocenters. The van der Waals surface area contributed by atoms with E-state index >= 15 is 0 Å². The van der Waals surface area contributed by atoms with Crippen LogP contribution in [0.1, 0.15) is 18.5 Å². The van der Waals surface area contributed by atoms with E-state index in [-0.39, 0.29) is 6.10 Å². The SMILES string of the molecule is Clc1cc(SNc2nccs2)ccc1OC1CCN(Cc2ccccn2)CC1. The van der Waals surface area contributed by atoms with Crippen molar-refractivity contribution in [2.24, 2.45) is 0 Å². The van der Waals surface area contributed by atoms with Crippen LogP contribution in [0.5, 0.6) is 5.75 Å². The fourth-order valence-corrected chi connectivity index (χ4v) is 4.65. The monoisotopic (exact) mass is 432 g/mol. The van der Waals surface area contributed by atoms with Crippen LogP contribution in [0.4, 0.5) is 5.13 Å². The lowest BCUT2D eigenvalue weighted by molar-refractivity contribution is 0.0961. The molecule has 0 amide bonds. The first kappa shape index (κ1) is 19.5. The van der Waals surface area contributed by atoms with Gasteiger partial charge in [0.05, 0.1) is 10.7 Å². The maximum Gasteiger partial charge on any atom is 0.192 e. The van der Waals surface area contributed by atoms with E-state index in [0.29, 0.717) is 5.02 Å². The molecular weight excluding hydrogens is 412 g/mol. The largest absolute Gasteiger partial charge is 0.489 e. The highest BCUT2D eigenvalue weighted by atomic mass is 35.5. The summed E-state index contributed by atoms with van der Waals surface area (Å²) in [7, 11) is 0. The number of pyridine rings is 1. The van der Waals surface area contributed by atoms with Crippen LogP contribution in [0, 0.1) is 0 Å². The Hall–Kier alpha value is -1.80. The fourth-order valence-electron chi connectivity index (χ4n) is 3.10. The molecule has 1 saturated heterocycles. The van der Waals surface area contributed by atoms with Gasteiger partial charge in [0.15, 0.2) is 5.13 Å². The smallest absolute Gasteiger partial charge is 0.192 e. The van der Waals surface area contributed by atoms with E-state index in [2.05, 4.69) is 25.7 Å². The molecule has 28 heavy (non-hydrogen) atoms. The van der Waals surface area contributed by atoms with Crippen LogP contribution < -0.4 is 9.46 Å². The van der Waals surface area contributed by atoms with Crippen molar-refractivity contribution >= 4 is 40.0 Å². The normalized spacial score (nSPS) is 15.5. The maximum atomic E-state index is 6.45.